The first-order chi connectivity index (χ1) is 10.1. The highest BCUT2D eigenvalue weighted by Gasteiger charge is 2.10. The second-order valence-electron chi connectivity index (χ2n) is 4.72. The zero-order valence-electron chi connectivity index (χ0n) is 11.3. The van der Waals surface area contributed by atoms with Crippen LogP contribution in [0.2, 0.25) is 5.15 Å². The molecule has 104 valence electrons. The predicted octanol–water partition coefficient (Wildman–Crippen LogP) is 5.53. The van der Waals surface area contributed by atoms with Gasteiger partial charge >= 0.3 is 0 Å². The van der Waals surface area contributed by atoms with Crippen molar-refractivity contribution >= 4 is 27.5 Å². The van der Waals surface area contributed by atoms with Crippen molar-refractivity contribution in [2.75, 3.05) is 0 Å². The van der Waals surface area contributed by atoms with E-state index in [0.717, 1.165) is 26.9 Å². The van der Waals surface area contributed by atoms with Crippen LogP contribution >= 0.6 is 27.5 Å². The van der Waals surface area contributed by atoms with Crippen molar-refractivity contribution in [1.82, 2.24) is 9.97 Å². The highest BCUT2D eigenvalue weighted by molar-refractivity contribution is 9.10. The number of aryl methyl sites for hydroxylation is 1. The van der Waals surface area contributed by atoms with Gasteiger partial charge in [-0.1, -0.05) is 57.9 Å². The summed E-state index contributed by atoms with van der Waals surface area (Å²) in [7, 11) is 0. The van der Waals surface area contributed by atoms with E-state index in [-0.39, 0.29) is 0 Å². The molecule has 2 aromatic carbocycles. The number of aromatic nitrogens is 2. The number of rotatable bonds is 2. The van der Waals surface area contributed by atoms with Crippen LogP contribution < -0.4 is 0 Å². The number of hydrogen-bond donors (Lipinski definition) is 0. The van der Waals surface area contributed by atoms with Crippen molar-refractivity contribution in [3.05, 3.63) is 69.8 Å². The fourth-order valence-corrected chi connectivity index (χ4v) is 2.83. The Balaban J connectivity index is 2.14. The quantitative estimate of drug-likeness (QED) is 0.562. The molecule has 0 aliphatic carbocycles. The summed E-state index contributed by atoms with van der Waals surface area (Å²) in [6.07, 6.45) is 0. The van der Waals surface area contributed by atoms with Crippen LogP contribution in [0.5, 0.6) is 0 Å². The van der Waals surface area contributed by atoms with Crippen LogP contribution in [-0.4, -0.2) is 9.97 Å². The topological polar surface area (TPSA) is 25.8 Å². The lowest BCUT2D eigenvalue weighted by molar-refractivity contribution is 1.17. The molecule has 3 aromatic rings. The van der Waals surface area contributed by atoms with Crippen LogP contribution in [0, 0.1) is 6.92 Å². The normalized spacial score (nSPS) is 10.6. The van der Waals surface area contributed by atoms with Gasteiger partial charge in [0, 0.05) is 21.7 Å². The van der Waals surface area contributed by atoms with Crippen molar-refractivity contribution in [3.8, 4) is 22.6 Å². The van der Waals surface area contributed by atoms with Gasteiger partial charge in [0.1, 0.15) is 5.15 Å². The molecule has 1 heterocycles. The minimum atomic E-state index is 0.446. The summed E-state index contributed by atoms with van der Waals surface area (Å²) in [5.74, 6) is 0.645. The van der Waals surface area contributed by atoms with Gasteiger partial charge in [0.05, 0.1) is 5.69 Å². The van der Waals surface area contributed by atoms with E-state index in [2.05, 4.69) is 25.9 Å². The fourth-order valence-electron chi connectivity index (χ4n) is 2.17. The van der Waals surface area contributed by atoms with Crippen molar-refractivity contribution in [2.45, 2.75) is 6.92 Å². The highest BCUT2D eigenvalue weighted by atomic mass is 79.9. The summed E-state index contributed by atoms with van der Waals surface area (Å²) in [6.45, 7) is 2.03. The molecule has 0 atom stereocenters. The summed E-state index contributed by atoms with van der Waals surface area (Å²) < 4.78 is 1.04. The van der Waals surface area contributed by atoms with Crippen LogP contribution in [0.1, 0.15) is 5.56 Å². The Bertz CT molecular complexity index is 788. The maximum absolute atomic E-state index is 6.17. The summed E-state index contributed by atoms with van der Waals surface area (Å²) in [6, 6.07) is 17.8. The summed E-state index contributed by atoms with van der Waals surface area (Å²) in [5.41, 5.74) is 3.94. The Morgan fingerprint density at radius 1 is 0.952 bits per heavy atom. The molecule has 0 fully saturated rings. The van der Waals surface area contributed by atoms with E-state index in [9.17, 15) is 0 Å². The average molecular weight is 360 g/mol. The summed E-state index contributed by atoms with van der Waals surface area (Å²) in [4.78, 5) is 9.01. The zero-order chi connectivity index (χ0) is 14.8. The van der Waals surface area contributed by atoms with Gasteiger partial charge in [0.2, 0.25) is 0 Å². The molecule has 0 aliphatic rings. The minimum Gasteiger partial charge on any atom is -0.228 e. The van der Waals surface area contributed by atoms with E-state index in [4.69, 9.17) is 11.6 Å². The lowest BCUT2D eigenvalue weighted by atomic mass is 10.1. The predicted molar refractivity (Wildman–Crippen MR) is 90.4 cm³/mol. The Morgan fingerprint density at radius 3 is 2.43 bits per heavy atom. The van der Waals surface area contributed by atoms with E-state index in [1.807, 2.05) is 55.5 Å². The van der Waals surface area contributed by atoms with Crippen molar-refractivity contribution < 1.29 is 0 Å². The van der Waals surface area contributed by atoms with Crippen LogP contribution in [0.4, 0.5) is 0 Å². The van der Waals surface area contributed by atoms with Crippen molar-refractivity contribution in [2.24, 2.45) is 0 Å². The first-order valence-corrected chi connectivity index (χ1v) is 7.67. The second-order valence-corrected chi connectivity index (χ2v) is 6.03. The molecule has 21 heavy (non-hydrogen) atoms. The monoisotopic (exact) mass is 358 g/mol. The van der Waals surface area contributed by atoms with Crippen LogP contribution in [0.3, 0.4) is 0 Å². The van der Waals surface area contributed by atoms with E-state index in [0.29, 0.717) is 11.0 Å². The van der Waals surface area contributed by atoms with Gasteiger partial charge in [-0.15, -0.1) is 0 Å². The lowest BCUT2D eigenvalue weighted by Gasteiger charge is -2.08. The molecule has 3 rings (SSSR count). The van der Waals surface area contributed by atoms with Gasteiger partial charge < -0.3 is 0 Å². The minimum absolute atomic E-state index is 0.446. The molecular weight excluding hydrogens is 348 g/mol. The molecule has 1 aromatic heterocycles. The van der Waals surface area contributed by atoms with Gasteiger partial charge in [-0.05, 0) is 30.7 Å². The number of hydrogen-bond acceptors (Lipinski definition) is 2. The van der Waals surface area contributed by atoms with Gasteiger partial charge in [0.15, 0.2) is 5.82 Å². The molecule has 0 N–H and O–H groups in total. The van der Waals surface area contributed by atoms with Gasteiger partial charge in [-0.25, -0.2) is 9.97 Å². The molecule has 2 nitrogen and oxygen atoms in total. The first-order valence-electron chi connectivity index (χ1n) is 6.50. The van der Waals surface area contributed by atoms with Gasteiger partial charge in [-0.3, -0.25) is 0 Å². The lowest BCUT2D eigenvalue weighted by Crippen LogP contribution is -1.95. The molecular formula is C17H12BrClN2. The molecule has 0 saturated carbocycles. The third kappa shape index (κ3) is 3.14. The van der Waals surface area contributed by atoms with Gasteiger partial charge in [-0.2, -0.15) is 0 Å². The molecule has 0 saturated heterocycles. The molecule has 0 aliphatic heterocycles. The molecule has 4 heteroatoms. The van der Waals surface area contributed by atoms with E-state index in [1.165, 1.54) is 0 Å². The Kier molecular flexibility index (Phi) is 4.04. The van der Waals surface area contributed by atoms with E-state index < -0.39 is 0 Å². The third-order valence-corrected chi connectivity index (χ3v) is 3.88. The number of nitrogens with zero attached hydrogens (tertiary/aromatic N) is 2. The van der Waals surface area contributed by atoms with Crippen molar-refractivity contribution in [1.29, 1.82) is 0 Å². The van der Waals surface area contributed by atoms with Crippen molar-refractivity contribution in [3.63, 3.8) is 0 Å². The smallest absolute Gasteiger partial charge is 0.161 e. The van der Waals surface area contributed by atoms with Crippen LogP contribution in [-0.2, 0) is 0 Å². The molecule has 0 bridgehead atoms. The fraction of sp³-hybridized carbons (Fsp3) is 0.0588. The van der Waals surface area contributed by atoms with Gasteiger partial charge in [0.25, 0.3) is 0 Å². The molecule has 0 radical (unpaired) electrons. The Labute approximate surface area is 137 Å². The highest BCUT2D eigenvalue weighted by Crippen LogP contribution is 2.27. The third-order valence-electron chi connectivity index (χ3n) is 3.19. The Hall–Kier alpha value is -1.71. The SMILES string of the molecule is Cc1cc(Br)ccc1-c1nc(Cl)cc(-c2ccccc2)n1. The maximum atomic E-state index is 6.17. The number of benzene rings is 2. The van der Waals surface area contributed by atoms with Crippen LogP contribution in [0.15, 0.2) is 59.1 Å². The van der Waals surface area contributed by atoms with E-state index in [1.54, 1.807) is 6.07 Å². The molecule has 0 spiro atoms. The molecule has 0 amide bonds. The standard InChI is InChI=1S/C17H12BrClN2/c1-11-9-13(18)7-8-14(11)17-20-15(10-16(19)21-17)12-5-3-2-4-6-12/h2-10H,1H3. The largest absolute Gasteiger partial charge is 0.228 e. The zero-order valence-corrected chi connectivity index (χ0v) is 13.7. The van der Waals surface area contributed by atoms with Crippen LogP contribution in [0.25, 0.3) is 22.6 Å². The Morgan fingerprint density at radius 2 is 1.71 bits per heavy atom. The second kappa shape index (κ2) is 5.96. The summed E-state index contributed by atoms with van der Waals surface area (Å²) in [5, 5.41) is 0.446. The average Bonchev–Trinajstić information content (AvgIpc) is 2.47. The number of halogens is 2. The molecule has 0 unspecified atom stereocenters. The van der Waals surface area contributed by atoms with E-state index >= 15 is 0 Å². The first kappa shape index (κ1) is 14.2. The maximum Gasteiger partial charge on any atom is 0.161 e. The summed E-state index contributed by atoms with van der Waals surface area (Å²) >= 11 is 9.64.